The van der Waals surface area contributed by atoms with E-state index in [-0.39, 0.29) is 12.2 Å². The molecule has 0 spiro atoms. The van der Waals surface area contributed by atoms with E-state index in [0.29, 0.717) is 38.9 Å². The monoisotopic (exact) mass is 756 g/mol. The fourth-order valence-electron chi connectivity index (χ4n) is 4.94. The van der Waals surface area contributed by atoms with Gasteiger partial charge in [-0.05, 0) is 71.7 Å². The summed E-state index contributed by atoms with van der Waals surface area (Å²) < 4.78 is 15.5. The molecule has 1 atom stereocenters. The number of fused-ring (bicyclic) bond motifs is 1. The molecule has 0 bridgehead atoms. The van der Waals surface area contributed by atoms with Gasteiger partial charge in [0.1, 0.15) is 5.75 Å². The first-order chi connectivity index (χ1) is 20.2. The molecule has 6 nitrogen and oxygen atoms in total. The first kappa shape index (κ1) is 30.4. The Balaban J connectivity index is 1.83. The zero-order chi connectivity index (χ0) is 30.0. The van der Waals surface area contributed by atoms with Crippen LogP contribution < -0.4 is 19.6 Å². The van der Waals surface area contributed by atoms with Gasteiger partial charge in [0.05, 0.1) is 38.6 Å². The summed E-state index contributed by atoms with van der Waals surface area (Å²) >= 11 is 7.11. The lowest BCUT2D eigenvalue weighted by atomic mass is 9.91. The summed E-state index contributed by atoms with van der Waals surface area (Å²) in [6.45, 7) is 8.68. The van der Waals surface area contributed by atoms with Gasteiger partial charge in [-0.2, -0.15) is 0 Å². The maximum Gasteiger partial charge on any atom is 0.338 e. The van der Waals surface area contributed by atoms with Crippen LogP contribution in [0.2, 0.25) is 0 Å². The van der Waals surface area contributed by atoms with E-state index in [1.54, 1.807) is 11.5 Å². The molecule has 5 rings (SSSR count). The molecule has 1 aliphatic heterocycles. The highest BCUT2D eigenvalue weighted by Gasteiger charge is 2.35. The number of hydrogen-bond donors (Lipinski definition) is 0. The van der Waals surface area contributed by atoms with Crippen LogP contribution in [0.4, 0.5) is 0 Å². The second-order valence-corrected chi connectivity index (χ2v) is 13.1. The van der Waals surface area contributed by atoms with Crippen molar-refractivity contribution in [1.29, 1.82) is 0 Å². The van der Waals surface area contributed by atoms with Crippen LogP contribution in [0.25, 0.3) is 11.8 Å². The van der Waals surface area contributed by atoms with Crippen LogP contribution >= 0.6 is 49.9 Å². The van der Waals surface area contributed by atoms with Crippen molar-refractivity contribution in [3.63, 3.8) is 0 Å². The van der Waals surface area contributed by atoms with Crippen molar-refractivity contribution in [2.45, 2.75) is 39.7 Å². The van der Waals surface area contributed by atoms with Crippen molar-refractivity contribution in [3.8, 4) is 5.75 Å². The van der Waals surface area contributed by atoms with Crippen molar-refractivity contribution in [2.24, 2.45) is 4.99 Å². The Labute approximate surface area is 270 Å². The van der Waals surface area contributed by atoms with Gasteiger partial charge in [-0.1, -0.05) is 95.7 Å². The molecule has 42 heavy (non-hydrogen) atoms. The van der Waals surface area contributed by atoms with Crippen LogP contribution in [0.3, 0.4) is 0 Å². The highest BCUT2D eigenvalue weighted by molar-refractivity contribution is 14.1. The smallest absolute Gasteiger partial charge is 0.338 e. The lowest BCUT2D eigenvalue weighted by Crippen LogP contribution is -2.40. The number of rotatable bonds is 8. The number of ether oxygens (including phenoxy) is 2. The van der Waals surface area contributed by atoms with E-state index in [4.69, 9.17) is 14.5 Å². The van der Waals surface area contributed by atoms with Gasteiger partial charge in [0.2, 0.25) is 0 Å². The van der Waals surface area contributed by atoms with Crippen LogP contribution in [0, 0.1) is 3.57 Å². The summed E-state index contributed by atoms with van der Waals surface area (Å²) in [4.78, 5) is 33.4. The Bertz CT molecular complexity index is 1840. The Kier molecular flexibility index (Phi) is 9.49. The van der Waals surface area contributed by atoms with E-state index >= 15 is 0 Å². The largest absolute Gasteiger partial charge is 0.492 e. The van der Waals surface area contributed by atoms with E-state index in [2.05, 4.69) is 64.5 Å². The minimum Gasteiger partial charge on any atom is -0.492 e. The fraction of sp³-hybridized carbons (Fsp3) is 0.242. The number of halogens is 2. The molecular weight excluding hydrogens is 727 g/mol. The number of hydrogen-bond acceptors (Lipinski definition) is 6. The van der Waals surface area contributed by atoms with Gasteiger partial charge in [-0.3, -0.25) is 9.36 Å². The van der Waals surface area contributed by atoms with Crippen molar-refractivity contribution < 1.29 is 14.3 Å². The van der Waals surface area contributed by atoms with Crippen molar-refractivity contribution in [1.82, 2.24) is 4.57 Å². The molecule has 2 heterocycles. The van der Waals surface area contributed by atoms with E-state index in [1.807, 2.05) is 67.6 Å². The number of thiazole rings is 1. The Morgan fingerprint density at radius 1 is 1.10 bits per heavy atom. The summed E-state index contributed by atoms with van der Waals surface area (Å²) in [6.07, 6.45) is 1.84. The molecule has 0 aliphatic carbocycles. The number of esters is 1. The zero-order valence-corrected chi connectivity index (χ0v) is 28.2. The first-order valence-electron chi connectivity index (χ1n) is 13.7. The maximum absolute atomic E-state index is 14.2. The Morgan fingerprint density at radius 3 is 2.45 bits per heavy atom. The topological polar surface area (TPSA) is 69.9 Å². The molecule has 0 saturated heterocycles. The summed E-state index contributed by atoms with van der Waals surface area (Å²) in [5.74, 6) is 0.561. The predicted octanol–water partition coefficient (Wildman–Crippen LogP) is 6.82. The second-order valence-electron chi connectivity index (χ2n) is 9.99. The molecule has 0 saturated carbocycles. The first-order valence-corrected chi connectivity index (χ1v) is 16.4. The molecule has 1 aromatic heterocycles. The molecule has 9 heteroatoms. The van der Waals surface area contributed by atoms with Crippen molar-refractivity contribution in [2.75, 3.05) is 13.2 Å². The molecule has 216 valence electrons. The third-order valence-corrected chi connectivity index (χ3v) is 9.15. The molecule has 0 radical (unpaired) electrons. The number of carbonyl (C=O) groups excluding carboxylic acids is 1. The van der Waals surface area contributed by atoms with Crippen LogP contribution in [0.15, 0.2) is 86.6 Å². The summed E-state index contributed by atoms with van der Waals surface area (Å²) in [6, 6.07) is 20.9. The lowest BCUT2D eigenvalue weighted by molar-refractivity contribution is -0.138. The zero-order valence-electron chi connectivity index (χ0n) is 23.7. The van der Waals surface area contributed by atoms with Gasteiger partial charge >= 0.3 is 5.97 Å². The summed E-state index contributed by atoms with van der Waals surface area (Å²) in [7, 11) is 0. The molecule has 0 fully saturated rings. The summed E-state index contributed by atoms with van der Waals surface area (Å²) in [5, 5.41) is 0. The third-order valence-electron chi connectivity index (χ3n) is 6.90. The predicted molar refractivity (Wildman–Crippen MR) is 180 cm³/mol. The number of carbonyl (C=O) groups is 1. The number of nitrogens with zero attached hydrogens (tertiary/aromatic N) is 2. The van der Waals surface area contributed by atoms with Gasteiger partial charge in [0.15, 0.2) is 4.80 Å². The van der Waals surface area contributed by atoms with E-state index < -0.39 is 12.0 Å². The molecule has 4 aromatic rings. The number of benzene rings is 3. The molecule has 1 aliphatic rings. The van der Waals surface area contributed by atoms with Gasteiger partial charge in [-0.25, -0.2) is 9.79 Å². The van der Waals surface area contributed by atoms with Gasteiger partial charge in [0.25, 0.3) is 5.56 Å². The number of aromatic nitrogens is 1. The van der Waals surface area contributed by atoms with Gasteiger partial charge < -0.3 is 9.47 Å². The van der Waals surface area contributed by atoms with E-state index in [0.717, 1.165) is 24.7 Å². The van der Waals surface area contributed by atoms with Crippen LogP contribution in [0.5, 0.6) is 5.75 Å². The normalized spacial score (nSPS) is 15.0. The standard InChI is InChI=1S/C33H30BrIN2O4S/c1-5-40-30-23(16-24(34)18-25(30)35)17-26-31(38)37-29(22-14-12-20(13-15-22)19(3)4)27(32(39)41-6-2)28(36-33(37)42-26)21-10-8-7-9-11-21/h7-19,29H,5-6H2,1-4H3/b26-17-/t29-/m1/s1. The Hall–Kier alpha value is -3.02. The maximum atomic E-state index is 14.2. The molecule has 0 N–H and O–H groups in total. The molecule has 3 aromatic carbocycles. The SMILES string of the molecule is CCOC(=O)C1=C(c2ccccc2)N=c2s/c(=C\c3cc(Br)cc(I)c3OCC)c(=O)n2[C@@H]1c1ccc(C(C)C)cc1. The quantitative estimate of drug-likeness (QED) is 0.146. The minimum absolute atomic E-state index is 0.204. The third kappa shape index (κ3) is 6.05. The van der Waals surface area contributed by atoms with Crippen molar-refractivity contribution >= 4 is 67.6 Å². The van der Waals surface area contributed by atoms with Crippen molar-refractivity contribution in [3.05, 3.63) is 122 Å². The highest BCUT2D eigenvalue weighted by Crippen LogP contribution is 2.36. The van der Waals surface area contributed by atoms with Crippen LogP contribution in [-0.2, 0) is 9.53 Å². The molecule has 0 amide bonds. The fourth-order valence-corrected chi connectivity index (χ4v) is 7.64. The van der Waals surface area contributed by atoms with E-state index in [1.165, 1.54) is 16.9 Å². The molecule has 0 unspecified atom stereocenters. The van der Waals surface area contributed by atoms with Crippen LogP contribution in [0.1, 0.15) is 61.9 Å². The van der Waals surface area contributed by atoms with Gasteiger partial charge in [0, 0.05) is 15.6 Å². The Morgan fingerprint density at radius 2 is 1.81 bits per heavy atom. The minimum atomic E-state index is -0.715. The van der Waals surface area contributed by atoms with Crippen LogP contribution in [-0.4, -0.2) is 23.8 Å². The average Bonchev–Trinajstić information content (AvgIpc) is 3.28. The average molecular weight is 757 g/mol. The van der Waals surface area contributed by atoms with E-state index in [9.17, 15) is 9.59 Å². The highest BCUT2D eigenvalue weighted by atomic mass is 127. The molecular formula is C33H30BrIN2O4S. The summed E-state index contributed by atoms with van der Waals surface area (Å²) in [5.41, 5.74) is 4.16. The lowest BCUT2D eigenvalue weighted by Gasteiger charge is -2.26. The van der Waals surface area contributed by atoms with Gasteiger partial charge in [-0.15, -0.1) is 0 Å². The second kappa shape index (κ2) is 13.1.